The van der Waals surface area contributed by atoms with Gasteiger partial charge in [0.1, 0.15) is 5.75 Å². The smallest absolute Gasteiger partial charge is 0.224 e. The number of rotatable bonds is 9. The lowest BCUT2D eigenvalue weighted by atomic mass is 10.0. The SMILES string of the molecule is COc1ccc(CC(=O)NCC(c2ccc(N(C)C)cc2)N2CCN(c3ccccc3)CC2)cc1. The minimum Gasteiger partial charge on any atom is -0.497 e. The monoisotopic (exact) mass is 472 g/mol. The highest BCUT2D eigenvalue weighted by atomic mass is 16.5. The highest BCUT2D eigenvalue weighted by Gasteiger charge is 2.26. The van der Waals surface area contributed by atoms with Crippen molar-refractivity contribution in [2.24, 2.45) is 0 Å². The van der Waals surface area contributed by atoms with Crippen molar-refractivity contribution in [1.82, 2.24) is 10.2 Å². The van der Waals surface area contributed by atoms with E-state index >= 15 is 0 Å². The molecule has 0 aromatic heterocycles. The van der Waals surface area contributed by atoms with Crippen LogP contribution in [-0.2, 0) is 11.2 Å². The molecule has 0 spiro atoms. The second-order valence-corrected chi connectivity index (χ2v) is 9.19. The molecule has 1 atom stereocenters. The van der Waals surface area contributed by atoms with Crippen molar-refractivity contribution in [2.75, 3.05) is 63.7 Å². The van der Waals surface area contributed by atoms with E-state index < -0.39 is 0 Å². The number of hydrogen-bond acceptors (Lipinski definition) is 5. The number of carbonyl (C=O) groups is 1. The van der Waals surface area contributed by atoms with Crippen molar-refractivity contribution in [3.63, 3.8) is 0 Å². The maximum atomic E-state index is 12.8. The first-order valence-electron chi connectivity index (χ1n) is 12.2. The van der Waals surface area contributed by atoms with E-state index in [0.29, 0.717) is 13.0 Å². The van der Waals surface area contributed by atoms with E-state index in [0.717, 1.165) is 37.5 Å². The van der Waals surface area contributed by atoms with Crippen molar-refractivity contribution >= 4 is 17.3 Å². The summed E-state index contributed by atoms with van der Waals surface area (Å²) in [5, 5.41) is 3.20. The van der Waals surface area contributed by atoms with Gasteiger partial charge in [-0.1, -0.05) is 42.5 Å². The van der Waals surface area contributed by atoms with E-state index in [2.05, 4.69) is 88.7 Å². The standard InChI is InChI=1S/C29H36N4O2/c1-31(2)25-13-11-24(12-14-25)28(22-30-29(34)21-23-9-15-27(35-3)16-10-23)33-19-17-32(18-20-33)26-7-5-4-6-8-26/h4-16,28H,17-22H2,1-3H3,(H,30,34). The minimum atomic E-state index is 0.0352. The maximum absolute atomic E-state index is 12.8. The van der Waals surface area contributed by atoms with Gasteiger partial charge in [0, 0.05) is 58.2 Å². The molecule has 0 aliphatic carbocycles. The lowest BCUT2D eigenvalue weighted by Gasteiger charge is -2.40. The molecule has 0 bridgehead atoms. The Morgan fingerprint density at radius 3 is 2.17 bits per heavy atom. The predicted octanol–water partition coefficient (Wildman–Crippen LogP) is 3.98. The zero-order valence-corrected chi connectivity index (χ0v) is 21.0. The summed E-state index contributed by atoms with van der Waals surface area (Å²) in [6.07, 6.45) is 0.359. The normalized spacial score (nSPS) is 14.9. The number of anilines is 2. The Morgan fingerprint density at radius 1 is 0.914 bits per heavy atom. The number of amides is 1. The highest BCUT2D eigenvalue weighted by Crippen LogP contribution is 2.26. The Hall–Kier alpha value is -3.51. The molecule has 4 rings (SSSR count). The molecule has 35 heavy (non-hydrogen) atoms. The number of nitrogens with one attached hydrogen (secondary N) is 1. The second kappa shape index (κ2) is 11.8. The zero-order valence-electron chi connectivity index (χ0n) is 21.0. The van der Waals surface area contributed by atoms with E-state index in [1.165, 1.54) is 16.9 Å². The van der Waals surface area contributed by atoms with E-state index in [-0.39, 0.29) is 11.9 Å². The third-order valence-corrected chi connectivity index (χ3v) is 6.69. The number of carbonyl (C=O) groups excluding carboxylic acids is 1. The zero-order chi connectivity index (χ0) is 24.6. The van der Waals surface area contributed by atoms with Crippen LogP contribution in [0.2, 0.25) is 0 Å². The van der Waals surface area contributed by atoms with Gasteiger partial charge in [0.2, 0.25) is 5.91 Å². The minimum absolute atomic E-state index is 0.0352. The summed E-state index contributed by atoms with van der Waals surface area (Å²) >= 11 is 0. The molecule has 1 fully saturated rings. The van der Waals surface area contributed by atoms with E-state index in [1.807, 2.05) is 24.3 Å². The van der Waals surface area contributed by atoms with Crippen molar-refractivity contribution in [3.8, 4) is 5.75 Å². The summed E-state index contributed by atoms with van der Waals surface area (Å²) < 4.78 is 5.22. The average Bonchev–Trinajstić information content (AvgIpc) is 2.90. The Balaban J connectivity index is 1.42. The molecular formula is C29H36N4O2. The molecule has 184 valence electrons. The van der Waals surface area contributed by atoms with Gasteiger partial charge < -0.3 is 19.9 Å². The van der Waals surface area contributed by atoms with Crippen LogP contribution in [0.25, 0.3) is 0 Å². The molecule has 6 heteroatoms. The van der Waals surface area contributed by atoms with Crippen LogP contribution in [0.4, 0.5) is 11.4 Å². The van der Waals surface area contributed by atoms with Crippen molar-refractivity contribution in [1.29, 1.82) is 0 Å². The van der Waals surface area contributed by atoms with Gasteiger partial charge in [0.25, 0.3) is 0 Å². The van der Waals surface area contributed by atoms with Crippen LogP contribution in [0, 0.1) is 0 Å². The first-order valence-corrected chi connectivity index (χ1v) is 12.2. The van der Waals surface area contributed by atoms with Gasteiger partial charge in [0.05, 0.1) is 19.6 Å². The lowest BCUT2D eigenvalue weighted by Crippen LogP contribution is -2.50. The first kappa shape index (κ1) is 24.6. The summed E-state index contributed by atoms with van der Waals surface area (Å²) in [6.45, 7) is 4.42. The largest absolute Gasteiger partial charge is 0.497 e. The molecule has 3 aromatic rings. The van der Waals surface area contributed by atoms with Crippen LogP contribution < -0.4 is 19.9 Å². The van der Waals surface area contributed by atoms with Crippen LogP contribution in [0.1, 0.15) is 17.2 Å². The number of hydrogen-bond donors (Lipinski definition) is 1. The highest BCUT2D eigenvalue weighted by molar-refractivity contribution is 5.78. The van der Waals surface area contributed by atoms with Gasteiger partial charge in [-0.25, -0.2) is 0 Å². The summed E-state index contributed by atoms with van der Waals surface area (Å²) in [4.78, 5) is 19.8. The van der Waals surface area contributed by atoms with Gasteiger partial charge in [-0.2, -0.15) is 0 Å². The molecule has 0 radical (unpaired) electrons. The van der Waals surface area contributed by atoms with E-state index in [4.69, 9.17) is 4.74 Å². The average molecular weight is 473 g/mol. The van der Waals surface area contributed by atoms with Gasteiger partial charge in [0.15, 0.2) is 0 Å². The Bertz CT molecular complexity index is 1060. The van der Waals surface area contributed by atoms with Crippen LogP contribution in [0.3, 0.4) is 0 Å². The Kier molecular flexibility index (Phi) is 8.27. The van der Waals surface area contributed by atoms with Crippen molar-refractivity contribution < 1.29 is 9.53 Å². The number of nitrogens with zero attached hydrogens (tertiary/aromatic N) is 3. The topological polar surface area (TPSA) is 48.1 Å². The molecule has 1 unspecified atom stereocenters. The fraction of sp³-hybridized carbons (Fsp3) is 0.345. The molecule has 1 heterocycles. The van der Waals surface area contributed by atoms with Crippen molar-refractivity contribution in [2.45, 2.75) is 12.5 Å². The van der Waals surface area contributed by atoms with Crippen LogP contribution in [0.5, 0.6) is 5.75 Å². The first-order chi connectivity index (χ1) is 17.0. The molecule has 1 aliphatic rings. The second-order valence-electron chi connectivity index (χ2n) is 9.19. The fourth-order valence-corrected chi connectivity index (χ4v) is 4.58. The lowest BCUT2D eigenvalue weighted by molar-refractivity contribution is -0.120. The molecule has 1 amide bonds. The molecule has 6 nitrogen and oxygen atoms in total. The maximum Gasteiger partial charge on any atom is 0.224 e. The van der Waals surface area contributed by atoms with E-state index in [1.54, 1.807) is 7.11 Å². The third-order valence-electron chi connectivity index (χ3n) is 6.69. The number of para-hydroxylation sites is 1. The molecule has 1 saturated heterocycles. The number of methoxy groups -OCH3 is 1. The van der Waals surface area contributed by atoms with E-state index in [9.17, 15) is 4.79 Å². The molecular weight excluding hydrogens is 436 g/mol. The van der Waals surface area contributed by atoms with Crippen LogP contribution in [-0.4, -0.2) is 64.7 Å². The summed E-state index contributed by atoms with van der Waals surface area (Å²) in [5.41, 5.74) is 4.65. The molecule has 3 aromatic carbocycles. The summed E-state index contributed by atoms with van der Waals surface area (Å²) in [7, 11) is 5.75. The van der Waals surface area contributed by atoms with Gasteiger partial charge in [-0.3, -0.25) is 9.69 Å². The summed E-state index contributed by atoms with van der Waals surface area (Å²) in [5.74, 6) is 0.832. The number of benzene rings is 3. The molecule has 1 aliphatic heterocycles. The predicted molar refractivity (Wildman–Crippen MR) is 143 cm³/mol. The van der Waals surface area contributed by atoms with Gasteiger partial charge >= 0.3 is 0 Å². The van der Waals surface area contributed by atoms with Crippen molar-refractivity contribution in [3.05, 3.63) is 90.0 Å². The molecule has 1 N–H and O–H groups in total. The van der Waals surface area contributed by atoms with Gasteiger partial charge in [-0.15, -0.1) is 0 Å². The Morgan fingerprint density at radius 2 is 1.57 bits per heavy atom. The quantitative estimate of drug-likeness (QED) is 0.511. The van der Waals surface area contributed by atoms with Crippen LogP contribution >= 0.6 is 0 Å². The van der Waals surface area contributed by atoms with Gasteiger partial charge in [-0.05, 0) is 47.5 Å². The molecule has 0 saturated carbocycles. The van der Waals surface area contributed by atoms with Crippen LogP contribution in [0.15, 0.2) is 78.9 Å². The summed E-state index contributed by atoms with van der Waals surface area (Å²) in [6, 6.07) is 27.1. The number of piperazine rings is 1. The third kappa shape index (κ3) is 6.55. The Labute approximate surface area is 209 Å². The number of ether oxygens (including phenoxy) is 1. The fourth-order valence-electron chi connectivity index (χ4n) is 4.58.